The van der Waals surface area contributed by atoms with Crippen LogP contribution >= 0.6 is 11.6 Å². The van der Waals surface area contributed by atoms with Gasteiger partial charge in [0.2, 0.25) is 0 Å². The van der Waals surface area contributed by atoms with E-state index in [0.29, 0.717) is 4.47 Å². The van der Waals surface area contributed by atoms with Crippen LogP contribution in [0.4, 0.5) is 0 Å². The van der Waals surface area contributed by atoms with Crippen molar-refractivity contribution in [3.8, 4) is 0 Å². The standard InChI is InChI=1S/C13H16ClNO7S/c1-8(12(16)20-3)22-13(17)9-5-6-10(14)11(7-9)23(18,19)15(2)21-4/h5-8H,1-4H3. The van der Waals surface area contributed by atoms with Gasteiger partial charge < -0.3 is 9.47 Å². The highest BCUT2D eigenvalue weighted by molar-refractivity contribution is 7.89. The SMILES string of the molecule is COC(=O)C(C)OC(=O)c1ccc(Cl)c(S(=O)(=O)N(C)OC)c1. The first kappa shape index (κ1) is 19.4. The van der Waals surface area contributed by atoms with Gasteiger partial charge in [-0.1, -0.05) is 16.1 Å². The van der Waals surface area contributed by atoms with Gasteiger partial charge in [0.05, 0.1) is 24.8 Å². The van der Waals surface area contributed by atoms with Gasteiger partial charge in [-0.3, -0.25) is 4.84 Å². The van der Waals surface area contributed by atoms with Gasteiger partial charge in [0, 0.05) is 7.05 Å². The van der Waals surface area contributed by atoms with Crippen molar-refractivity contribution >= 4 is 33.6 Å². The summed E-state index contributed by atoms with van der Waals surface area (Å²) < 4.78 is 34.4. The monoisotopic (exact) mass is 365 g/mol. The number of sulfonamides is 1. The molecular formula is C13H16ClNO7S. The molecule has 0 aliphatic carbocycles. The van der Waals surface area contributed by atoms with Gasteiger partial charge in [-0.05, 0) is 25.1 Å². The lowest BCUT2D eigenvalue weighted by molar-refractivity contribution is -0.149. The summed E-state index contributed by atoms with van der Waals surface area (Å²) >= 11 is 5.88. The summed E-state index contributed by atoms with van der Waals surface area (Å²) in [4.78, 5) is 27.6. The molecule has 23 heavy (non-hydrogen) atoms. The molecule has 0 bridgehead atoms. The summed E-state index contributed by atoms with van der Waals surface area (Å²) in [5.41, 5.74) is -0.0896. The van der Waals surface area contributed by atoms with Crippen molar-refractivity contribution in [1.29, 1.82) is 0 Å². The number of nitrogens with zero attached hydrogens (tertiary/aromatic N) is 1. The number of rotatable bonds is 6. The van der Waals surface area contributed by atoms with Crippen LogP contribution in [0.1, 0.15) is 17.3 Å². The van der Waals surface area contributed by atoms with Crippen molar-refractivity contribution < 1.29 is 32.3 Å². The van der Waals surface area contributed by atoms with E-state index in [9.17, 15) is 18.0 Å². The van der Waals surface area contributed by atoms with Crippen LogP contribution in [0.5, 0.6) is 0 Å². The minimum Gasteiger partial charge on any atom is -0.466 e. The fourth-order valence-corrected chi connectivity index (χ4v) is 2.98. The first-order valence-electron chi connectivity index (χ1n) is 6.26. The van der Waals surface area contributed by atoms with E-state index < -0.39 is 28.1 Å². The third kappa shape index (κ3) is 4.41. The summed E-state index contributed by atoms with van der Waals surface area (Å²) in [6.07, 6.45) is -1.13. The lowest BCUT2D eigenvalue weighted by Crippen LogP contribution is -2.27. The number of benzene rings is 1. The molecule has 0 N–H and O–H groups in total. The summed E-state index contributed by atoms with van der Waals surface area (Å²) in [6, 6.07) is 3.55. The highest BCUT2D eigenvalue weighted by atomic mass is 35.5. The number of hydroxylamine groups is 1. The first-order valence-corrected chi connectivity index (χ1v) is 8.08. The molecule has 0 aliphatic heterocycles. The van der Waals surface area contributed by atoms with Crippen LogP contribution < -0.4 is 0 Å². The Balaban J connectivity index is 3.15. The van der Waals surface area contributed by atoms with Crippen molar-refractivity contribution in [3.05, 3.63) is 28.8 Å². The Morgan fingerprint density at radius 2 is 1.87 bits per heavy atom. The first-order chi connectivity index (χ1) is 10.6. The van der Waals surface area contributed by atoms with Gasteiger partial charge in [-0.25, -0.2) is 18.0 Å². The van der Waals surface area contributed by atoms with Crippen molar-refractivity contribution in [2.45, 2.75) is 17.9 Å². The van der Waals surface area contributed by atoms with E-state index in [-0.39, 0.29) is 15.5 Å². The third-order valence-corrected chi connectivity index (χ3v) is 5.02. The van der Waals surface area contributed by atoms with E-state index in [1.807, 2.05) is 0 Å². The number of esters is 2. The Labute approximate surface area is 138 Å². The van der Waals surface area contributed by atoms with Gasteiger partial charge in [0.25, 0.3) is 10.0 Å². The number of carbonyl (C=O) groups is 2. The maximum absolute atomic E-state index is 12.2. The maximum Gasteiger partial charge on any atom is 0.346 e. The second-order valence-electron chi connectivity index (χ2n) is 4.31. The van der Waals surface area contributed by atoms with Crippen LogP contribution in [0.2, 0.25) is 5.02 Å². The van der Waals surface area contributed by atoms with E-state index >= 15 is 0 Å². The highest BCUT2D eigenvalue weighted by Crippen LogP contribution is 2.25. The summed E-state index contributed by atoms with van der Waals surface area (Å²) in [6.45, 7) is 1.33. The lowest BCUT2D eigenvalue weighted by Gasteiger charge is -2.16. The van der Waals surface area contributed by atoms with Crippen LogP contribution in [0.25, 0.3) is 0 Å². The predicted octanol–water partition coefficient (Wildman–Crippen LogP) is 1.24. The van der Waals surface area contributed by atoms with E-state index in [0.717, 1.165) is 13.2 Å². The zero-order valence-corrected chi connectivity index (χ0v) is 14.5. The maximum atomic E-state index is 12.2. The van der Waals surface area contributed by atoms with Gasteiger partial charge in [0.1, 0.15) is 4.90 Å². The zero-order chi connectivity index (χ0) is 17.8. The van der Waals surface area contributed by atoms with Crippen LogP contribution in [-0.2, 0) is 29.1 Å². The molecule has 10 heteroatoms. The van der Waals surface area contributed by atoms with Crippen LogP contribution in [0.3, 0.4) is 0 Å². The topological polar surface area (TPSA) is 99.2 Å². The quantitative estimate of drug-likeness (QED) is 0.552. The molecule has 0 heterocycles. The van der Waals surface area contributed by atoms with Crippen LogP contribution in [-0.4, -0.2) is 52.2 Å². The molecule has 0 aromatic heterocycles. The number of carbonyl (C=O) groups excluding carboxylic acids is 2. The molecule has 1 aromatic rings. The molecule has 0 fully saturated rings. The smallest absolute Gasteiger partial charge is 0.346 e. The third-order valence-electron chi connectivity index (χ3n) is 2.86. The fourth-order valence-electron chi connectivity index (χ4n) is 1.51. The van der Waals surface area contributed by atoms with Gasteiger partial charge in [-0.15, -0.1) is 0 Å². The van der Waals surface area contributed by atoms with Crippen LogP contribution in [0, 0.1) is 0 Å². The van der Waals surface area contributed by atoms with Gasteiger partial charge in [0.15, 0.2) is 6.10 Å². The predicted molar refractivity (Wildman–Crippen MR) is 80.3 cm³/mol. The summed E-state index contributed by atoms with van der Waals surface area (Å²) in [5.74, 6) is -1.63. The molecule has 0 spiro atoms. The van der Waals surface area contributed by atoms with E-state index in [1.54, 1.807) is 0 Å². The van der Waals surface area contributed by atoms with Crippen LogP contribution in [0.15, 0.2) is 23.1 Å². The second kappa shape index (κ2) is 7.73. The molecule has 1 rings (SSSR count). The summed E-state index contributed by atoms with van der Waals surface area (Å²) in [5, 5.41) is -0.0912. The van der Waals surface area contributed by atoms with E-state index in [2.05, 4.69) is 9.57 Å². The number of ether oxygens (including phenoxy) is 2. The largest absolute Gasteiger partial charge is 0.466 e. The van der Waals surface area contributed by atoms with Crippen molar-refractivity contribution in [3.63, 3.8) is 0 Å². The van der Waals surface area contributed by atoms with Crippen molar-refractivity contribution in [2.24, 2.45) is 0 Å². The number of methoxy groups -OCH3 is 1. The van der Waals surface area contributed by atoms with E-state index in [1.165, 1.54) is 33.2 Å². The molecule has 0 radical (unpaired) electrons. The Kier molecular flexibility index (Phi) is 6.51. The van der Waals surface area contributed by atoms with Crippen molar-refractivity contribution in [2.75, 3.05) is 21.3 Å². The second-order valence-corrected chi connectivity index (χ2v) is 6.62. The fraction of sp³-hybridized carbons (Fsp3) is 0.385. The number of hydrogen-bond donors (Lipinski definition) is 0. The Morgan fingerprint density at radius 1 is 1.26 bits per heavy atom. The molecule has 8 nitrogen and oxygen atoms in total. The lowest BCUT2D eigenvalue weighted by atomic mass is 10.2. The Bertz CT molecular complexity index is 704. The van der Waals surface area contributed by atoms with Gasteiger partial charge >= 0.3 is 11.9 Å². The van der Waals surface area contributed by atoms with E-state index in [4.69, 9.17) is 16.3 Å². The molecule has 0 amide bonds. The molecule has 1 unspecified atom stereocenters. The minimum atomic E-state index is -4.05. The van der Waals surface area contributed by atoms with Gasteiger partial charge in [-0.2, -0.15) is 0 Å². The summed E-state index contributed by atoms with van der Waals surface area (Å²) in [7, 11) is -0.548. The minimum absolute atomic E-state index is 0.0896. The zero-order valence-electron chi connectivity index (χ0n) is 12.9. The molecule has 1 aromatic carbocycles. The van der Waals surface area contributed by atoms with Crippen molar-refractivity contribution in [1.82, 2.24) is 4.47 Å². The molecular weight excluding hydrogens is 350 g/mol. The molecule has 0 saturated carbocycles. The average molecular weight is 366 g/mol. The highest BCUT2D eigenvalue weighted by Gasteiger charge is 2.26. The Morgan fingerprint density at radius 3 is 2.39 bits per heavy atom. The molecule has 0 saturated heterocycles. The normalized spacial score (nSPS) is 12.8. The Hall–Kier alpha value is -1.68. The molecule has 0 aliphatic rings. The average Bonchev–Trinajstić information content (AvgIpc) is 2.52. The number of halogens is 1. The molecule has 128 valence electrons. The number of hydrogen-bond acceptors (Lipinski definition) is 7. The molecule has 1 atom stereocenters.